The van der Waals surface area contributed by atoms with E-state index in [0.717, 1.165) is 18.2 Å². The summed E-state index contributed by atoms with van der Waals surface area (Å²) in [4.78, 5) is 20.7. The standard InChI is InChI=1S/C11H14N2O4S/c1-8(2)5-6-18-11-4-3-9(12(14)15)7-10(11)13(16)17/h3-4,7-8H,5-6H2,1-2H3. The summed E-state index contributed by atoms with van der Waals surface area (Å²) < 4.78 is 0. The molecular weight excluding hydrogens is 256 g/mol. The maximum absolute atomic E-state index is 10.9. The minimum Gasteiger partial charge on any atom is -0.258 e. The van der Waals surface area contributed by atoms with Crippen LogP contribution in [0.4, 0.5) is 11.4 Å². The van der Waals surface area contributed by atoms with Gasteiger partial charge in [-0.2, -0.15) is 0 Å². The van der Waals surface area contributed by atoms with Crippen LogP contribution in [0.2, 0.25) is 0 Å². The Morgan fingerprint density at radius 1 is 1.22 bits per heavy atom. The zero-order valence-electron chi connectivity index (χ0n) is 10.2. The summed E-state index contributed by atoms with van der Waals surface area (Å²) in [5.41, 5.74) is -0.451. The van der Waals surface area contributed by atoms with Crippen LogP contribution in [0.5, 0.6) is 0 Å². The molecule has 0 heterocycles. The molecule has 0 fully saturated rings. The molecule has 0 spiro atoms. The third-order valence-electron chi connectivity index (χ3n) is 2.30. The van der Waals surface area contributed by atoms with Crippen molar-refractivity contribution in [1.29, 1.82) is 0 Å². The van der Waals surface area contributed by atoms with E-state index in [9.17, 15) is 20.2 Å². The first-order valence-corrected chi connectivity index (χ1v) is 6.46. The van der Waals surface area contributed by atoms with E-state index in [1.54, 1.807) is 0 Å². The van der Waals surface area contributed by atoms with Crippen LogP contribution < -0.4 is 0 Å². The average molecular weight is 270 g/mol. The minimum absolute atomic E-state index is 0.196. The molecule has 98 valence electrons. The second-order valence-corrected chi connectivity index (χ2v) is 5.33. The number of benzene rings is 1. The molecule has 0 atom stereocenters. The number of nitro benzene ring substituents is 2. The lowest BCUT2D eigenvalue weighted by Gasteiger charge is -2.05. The first-order chi connectivity index (χ1) is 8.41. The van der Waals surface area contributed by atoms with E-state index in [1.807, 2.05) is 0 Å². The number of nitrogens with zero attached hydrogens (tertiary/aromatic N) is 2. The van der Waals surface area contributed by atoms with Gasteiger partial charge in [-0.05, 0) is 24.2 Å². The van der Waals surface area contributed by atoms with E-state index in [4.69, 9.17) is 0 Å². The number of rotatable bonds is 6. The fourth-order valence-electron chi connectivity index (χ4n) is 1.29. The van der Waals surface area contributed by atoms with Crippen molar-refractivity contribution in [3.8, 4) is 0 Å². The van der Waals surface area contributed by atoms with E-state index in [2.05, 4.69) is 13.8 Å². The van der Waals surface area contributed by atoms with Gasteiger partial charge < -0.3 is 0 Å². The lowest BCUT2D eigenvalue weighted by molar-refractivity contribution is -0.396. The number of hydrogen-bond acceptors (Lipinski definition) is 5. The van der Waals surface area contributed by atoms with Gasteiger partial charge in [0.15, 0.2) is 0 Å². The minimum atomic E-state index is -0.629. The van der Waals surface area contributed by atoms with Crippen LogP contribution in [0.25, 0.3) is 0 Å². The topological polar surface area (TPSA) is 86.3 Å². The summed E-state index contributed by atoms with van der Waals surface area (Å²) in [7, 11) is 0. The van der Waals surface area contributed by atoms with Crippen molar-refractivity contribution in [2.45, 2.75) is 25.2 Å². The second-order valence-electron chi connectivity index (χ2n) is 4.20. The summed E-state index contributed by atoms with van der Waals surface area (Å²) in [5, 5.41) is 21.4. The van der Waals surface area contributed by atoms with Crippen LogP contribution in [-0.2, 0) is 0 Å². The number of hydrogen-bond donors (Lipinski definition) is 0. The summed E-state index contributed by atoms with van der Waals surface area (Å²) in [6, 6.07) is 3.75. The van der Waals surface area contributed by atoms with Gasteiger partial charge in [-0.25, -0.2) is 0 Å². The SMILES string of the molecule is CC(C)CCSc1ccc([N+](=O)[O-])cc1[N+](=O)[O-]. The second kappa shape index (κ2) is 6.34. The molecule has 0 saturated carbocycles. The zero-order chi connectivity index (χ0) is 13.7. The van der Waals surface area contributed by atoms with Crippen molar-refractivity contribution >= 4 is 23.1 Å². The molecule has 7 heteroatoms. The first-order valence-electron chi connectivity index (χ1n) is 5.47. The summed E-state index contributed by atoms with van der Waals surface area (Å²) >= 11 is 1.36. The van der Waals surface area contributed by atoms with Crippen LogP contribution >= 0.6 is 11.8 Å². The molecule has 0 aliphatic rings. The fraction of sp³-hybridized carbons (Fsp3) is 0.455. The lowest BCUT2D eigenvalue weighted by atomic mass is 10.2. The monoisotopic (exact) mass is 270 g/mol. The Balaban J connectivity index is 2.90. The van der Waals surface area contributed by atoms with Crippen LogP contribution in [0.1, 0.15) is 20.3 Å². The van der Waals surface area contributed by atoms with Gasteiger partial charge in [-0.3, -0.25) is 20.2 Å². The van der Waals surface area contributed by atoms with Crippen molar-refractivity contribution in [3.05, 3.63) is 38.4 Å². The smallest absolute Gasteiger partial charge is 0.258 e. The van der Waals surface area contributed by atoms with Gasteiger partial charge in [-0.1, -0.05) is 13.8 Å². The third kappa shape index (κ3) is 3.99. The van der Waals surface area contributed by atoms with Crippen LogP contribution in [-0.4, -0.2) is 15.6 Å². The molecule has 0 amide bonds. The zero-order valence-corrected chi connectivity index (χ0v) is 11.0. The number of nitro groups is 2. The fourth-order valence-corrected chi connectivity index (χ4v) is 2.54. The van der Waals surface area contributed by atoms with E-state index in [0.29, 0.717) is 10.8 Å². The Hall–Kier alpha value is -1.63. The number of non-ortho nitro benzene ring substituents is 1. The molecule has 0 unspecified atom stereocenters. The van der Waals surface area contributed by atoms with Gasteiger partial charge in [0.1, 0.15) is 0 Å². The van der Waals surface area contributed by atoms with Gasteiger partial charge in [-0.15, -0.1) is 11.8 Å². The van der Waals surface area contributed by atoms with Crippen LogP contribution in [0.15, 0.2) is 23.1 Å². The quantitative estimate of drug-likeness (QED) is 0.447. The Morgan fingerprint density at radius 3 is 2.39 bits per heavy atom. The highest BCUT2D eigenvalue weighted by Gasteiger charge is 2.19. The van der Waals surface area contributed by atoms with Gasteiger partial charge in [0.05, 0.1) is 20.8 Å². The maximum Gasteiger partial charge on any atom is 0.289 e. The Kier molecular flexibility index (Phi) is 5.08. The molecule has 6 nitrogen and oxygen atoms in total. The molecular formula is C11H14N2O4S. The first kappa shape index (κ1) is 14.4. The Labute approximate surface area is 109 Å². The third-order valence-corrected chi connectivity index (χ3v) is 3.40. The molecule has 1 aromatic rings. The normalized spacial score (nSPS) is 10.6. The molecule has 1 aromatic carbocycles. The van der Waals surface area contributed by atoms with E-state index in [-0.39, 0.29) is 11.4 Å². The van der Waals surface area contributed by atoms with Crippen LogP contribution in [0.3, 0.4) is 0 Å². The van der Waals surface area contributed by atoms with Gasteiger partial charge in [0.2, 0.25) is 0 Å². The average Bonchev–Trinajstić information content (AvgIpc) is 2.28. The van der Waals surface area contributed by atoms with Crippen molar-refractivity contribution < 1.29 is 9.85 Å². The molecule has 0 N–H and O–H groups in total. The van der Waals surface area contributed by atoms with Crippen molar-refractivity contribution in [2.75, 3.05) is 5.75 Å². The van der Waals surface area contributed by atoms with Gasteiger partial charge in [0.25, 0.3) is 11.4 Å². The Bertz CT molecular complexity index is 462. The van der Waals surface area contributed by atoms with Crippen molar-refractivity contribution in [3.63, 3.8) is 0 Å². The lowest BCUT2D eigenvalue weighted by Crippen LogP contribution is -1.96. The largest absolute Gasteiger partial charge is 0.289 e. The summed E-state index contributed by atoms with van der Waals surface area (Å²) in [6.07, 6.45) is 0.943. The maximum atomic E-state index is 10.9. The van der Waals surface area contributed by atoms with Gasteiger partial charge >= 0.3 is 0 Å². The molecule has 0 aliphatic carbocycles. The predicted octanol–water partition coefficient (Wildman–Crippen LogP) is 3.64. The number of thioether (sulfide) groups is 1. The van der Waals surface area contributed by atoms with Gasteiger partial charge in [0, 0.05) is 6.07 Å². The summed E-state index contributed by atoms with van der Waals surface area (Å²) in [5.74, 6) is 1.28. The van der Waals surface area contributed by atoms with E-state index < -0.39 is 9.85 Å². The molecule has 0 saturated heterocycles. The van der Waals surface area contributed by atoms with E-state index in [1.165, 1.54) is 23.9 Å². The highest BCUT2D eigenvalue weighted by Crippen LogP contribution is 2.33. The predicted molar refractivity (Wildman–Crippen MR) is 69.9 cm³/mol. The van der Waals surface area contributed by atoms with Crippen molar-refractivity contribution in [2.24, 2.45) is 5.92 Å². The molecule has 0 bridgehead atoms. The Morgan fingerprint density at radius 2 is 1.89 bits per heavy atom. The summed E-state index contributed by atoms with van der Waals surface area (Å²) in [6.45, 7) is 4.15. The van der Waals surface area contributed by atoms with E-state index >= 15 is 0 Å². The highest BCUT2D eigenvalue weighted by atomic mass is 32.2. The highest BCUT2D eigenvalue weighted by molar-refractivity contribution is 7.99. The molecule has 1 rings (SSSR count). The molecule has 18 heavy (non-hydrogen) atoms. The molecule has 0 aliphatic heterocycles. The van der Waals surface area contributed by atoms with Crippen molar-refractivity contribution in [1.82, 2.24) is 0 Å². The molecule has 0 radical (unpaired) electrons. The van der Waals surface area contributed by atoms with Crippen LogP contribution in [0, 0.1) is 26.1 Å². The molecule has 0 aromatic heterocycles.